The molecule has 0 unspecified atom stereocenters. The molecule has 0 saturated carbocycles. The Morgan fingerprint density at radius 3 is 2.63 bits per heavy atom. The van der Waals surface area contributed by atoms with Crippen LogP contribution in [0.1, 0.15) is 19.8 Å². The molecule has 0 amide bonds. The van der Waals surface area contributed by atoms with Crippen LogP contribution in [0.15, 0.2) is 36.9 Å². The van der Waals surface area contributed by atoms with E-state index in [4.69, 9.17) is 0 Å². The van der Waals surface area contributed by atoms with Gasteiger partial charge in [-0.3, -0.25) is 9.67 Å². The molecule has 5 nitrogen and oxygen atoms in total. The second kappa shape index (κ2) is 7.41. The molecule has 0 saturated heterocycles. The van der Waals surface area contributed by atoms with Gasteiger partial charge in [-0.05, 0) is 25.0 Å². The second-order valence-corrected chi connectivity index (χ2v) is 4.44. The first-order valence-corrected chi connectivity index (χ1v) is 6.78. The summed E-state index contributed by atoms with van der Waals surface area (Å²) in [4.78, 5) is 4.22. The normalized spacial score (nSPS) is 10.4. The van der Waals surface area contributed by atoms with E-state index in [0.29, 0.717) is 0 Å². The molecule has 0 atom stereocenters. The standard InChI is InChI=1S/C14H21N5/c1-2-5-16-13-10-14(12-15-11-13)17-6-3-8-19-9-4-7-18-19/h4,7,9-12,16-17H,2-3,5-6,8H2,1H3. The van der Waals surface area contributed by atoms with Crippen molar-refractivity contribution in [1.29, 1.82) is 0 Å². The SMILES string of the molecule is CCCNc1cncc(NCCCn2cccn2)c1. The third-order valence-corrected chi connectivity index (χ3v) is 2.77. The number of aryl methyl sites for hydroxylation is 1. The number of hydrogen-bond donors (Lipinski definition) is 2. The van der Waals surface area contributed by atoms with E-state index < -0.39 is 0 Å². The molecule has 5 heteroatoms. The summed E-state index contributed by atoms with van der Waals surface area (Å²) in [5.74, 6) is 0. The molecule has 0 radical (unpaired) electrons. The molecule has 2 rings (SSSR count). The third kappa shape index (κ3) is 4.62. The molecule has 102 valence electrons. The van der Waals surface area contributed by atoms with Crippen LogP contribution in [-0.2, 0) is 6.54 Å². The van der Waals surface area contributed by atoms with E-state index in [-0.39, 0.29) is 0 Å². The van der Waals surface area contributed by atoms with Gasteiger partial charge in [0.15, 0.2) is 0 Å². The minimum atomic E-state index is 0.915. The summed E-state index contributed by atoms with van der Waals surface area (Å²) in [6.07, 6.45) is 9.64. The lowest BCUT2D eigenvalue weighted by Crippen LogP contribution is -2.08. The molecule has 0 aliphatic carbocycles. The fraction of sp³-hybridized carbons (Fsp3) is 0.429. The first kappa shape index (κ1) is 13.4. The number of hydrogen-bond acceptors (Lipinski definition) is 4. The molecule has 2 aromatic heterocycles. The Balaban J connectivity index is 1.73. The van der Waals surface area contributed by atoms with E-state index in [2.05, 4.69) is 33.7 Å². The summed E-state index contributed by atoms with van der Waals surface area (Å²) in [7, 11) is 0. The smallest absolute Gasteiger partial charge is 0.0547 e. The predicted octanol–water partition coefficient (Wildman–Crippen LogP) is 2.60. The van der Waals surface area contributed by atoms with Crippen LogP contribution in [0, 0.1) is 0 Å². The first-order chi connectivity index (χ1) is 9.38. The highest BCUT2D eigenvalue weighted by Gasteiger charge is 1.96. The maximum Gasteiger partial charge on any atom is 0.0547 e. The van der Waals surface area contributed by atoms with Crippen LogP contribution in [0.3, 0.4) is 0 Å². The monoisotopic (exact) mass is 259 g/mol. The molecule has 2 heterocycles. The Labute approximate surface area is 114 Å². The highest BCUT2D eigenvalue weighted by Crippen LogP contribution is 2.12. The minimum Gasteiger partial charge on any atom is -0.384 e. The lowest BCUT2D eigenvalue weighted by atomic mass is 10.3. The Hall–Kier alpha value is -2.04. The molecule has 2 aromatic rings. The van der Waals surface area contributed by atoms with E-state index >= 15 is 0 Å². The first-order valence-electron chi connectivity index (χ1n) is 6.78. The molecule has 0 bridgehead atoms. The molecule has 19 heavy (non-hydrogen) atoms. The van der Waals surface area contributed by atoms with Gasteiger partial charge in [-0.15, -0.1) is 0 Å². The maximum atomic E-state index is 4.22. The maximum absolute atomic E-state index is 4.22. The van der Waals surface area contributed by atoms with E-state index in [1.807, 2.05) is 29.3 Å². The molecular weight excluding hydrogens is 238 g/mol. The van der Waals surface area contributed by atoms with Crippen LogP contribution in [0.4, 0.5) is 11.4 Å². The van der Waals surface area contributed by atoms with Crippen molar-refractivity contribution in [2.75, 3.05) is 23.7 Å². The molecular formula is C14H21N5. The summed E-state index contributed by atoms with van der Waals surface area (Å²) in [5, 5.41) is 10.9. The van der Waals surface area contributed by atoms with Gasteiger partial charge in [0.1, 0.15) is 0 Å². The summed E-state index contributed by atoms with van der Waals surface area (Å²) in [6.45, 7) is 4.97. The van der Waals surface area contributed by atoms with Gasteiger partial charge in [0.25, 0.3) is 0 Å². The summed E-state index contributed by atoms with van der Waals surface area (Å²) >= 11 is 0. The molecule has 0 spiro atoms. The fourth-order valence-corrected chi connectivity index (χ4v) is 1.81. The van der Waals surface area contributed by atoms with Crippen molar-refractivity contribution >= 4 is 11.4 Å². The van der Waals surface area contributed by atoms with Gasteiger partial charge < -0.3 is 10.6 Å². The van der Waals surface area contributed by atoms with Crippen molar-refractivity contribution in [3.8, 4) is 0 Å². The highest BCUT2D eigenvalue weighted by atomic mass is 15.3. The molecule has 2 N–H and O–H groups in total. The number of rotatable bonds is 8. The zero-order chi connectivity index (χ0) is 13.3. The van der Waals surface area contributed by atoms with E-state index in [9.17, 15) is 0 Å². The van der Waals surface area contributed by atoms with Crippen LogP contribution < -0.4 is 10.6 Å². The summed E-state index contributed by atoms with van der Waals surface area (Å²) in [5.41, 5.74) is 2.13. The van der Waals surface area contributed by atoms with Gasteiger partial charge >= 0.3 is 0 Å². The number of anilines is 2. The molecule has 0 aliphatic heterocycles. The van der Waals surface area contributed by atoms with Crippen LogP contribution in [0.25, 0.3) is 0 Å². The van der Waals surface area contributed by atoms with E-state index in [1.165, 1.54) is 0 Å². The zero-order valence-electron chi connectivity index (χ0n) is 11.3. The second-order valence-electron chi connectivity index (χ2n) is 4.44. The lowest BCUT2D eigenvalue weighted by Gasteiger charge is -2.09. The fourth-order valence-electron chi connectivity index (χ4n) is 1.81. The van der Waals surface area contributed by atoms with Crippen molar-refractivity contribution in [3.63, 3.8) is 0 Å². The van der Waals surface area contributed by atoms with Crippen LogP contribution in [0.2, 0.25) is 0 Å². The van der Waals surface area contributed by atoms with Gasteiger partial charge in [0, 0.05) is 32.0 Å². The number of nitrogens with zero attached hydrogens (tertiary/aromatic N) is 3. The van der Waals surface area contributed by atoms with Crippen LogP contribution in [0.5, 0.6) is 0 Å². The van der Waals surface area contributed by atoms with Gasteiger partial charge in [-0.1, -0.05) is 6.92 Å². The van der Waals surface area contributed by atoms with Crippen molar-refractivity contribution in [1.82, 2.24) is 14.8 Å². The average molecular weight is 259 g/mol. The quantitative estimate of drug-likeness (QED) is 0.715. The van der Waals surface area contributed by atoms with Gasteiger partial charge in [-0.2, -0.15) is 5.10 Å². The number of pyridine rings is 1. The van der Waals surface area contributed by atoms with Crippen molar-refractivity contribution in [3.05, 3.63) is 36.9 Å². The average Bonchev–Trinajstić information content (AvgIpc) is 2.95. The Morgan fingerprint density at radius 2 is 1.95 bits per heavy atom. The van der Waals surface area contributed by atoms with Gasteiger partial charge in [0.05, 0.1) is 23.8 Å². The third-order valence-electron chi connectivity index (χ3n) is 2.77. The Morgan fingerprint density at radius 1 is 1.16 bits per heavy atom. The van der Waals surface area contributed by atoms with Crippen LogP contribution >= 0.6 is 0 Å². The zero-order valence-corrected chi connectivity index (χ0v) is 11.3. The predicted molar refractivity (Wildman–Crippen MR) is 78.4 cm³/mol. The van der Waals surface area contributed by atoms with Crippen LogP contribution in [-0.4, -0.2) is 27.9 Å². The van der Waals surface area contributed by atoms with Gasteiger partial charge in [-0.25, -0.2) is 0 Å². The van der Waals surface area contributed by atoms with Crippen molar-refractivity contribution in [2.45, 2.75) is 26.3 Å². The minimum absolute atomic E-state index is 0.915. The molecule has 0 aromatic carbocycles. The lowest BCUT2D eigenvalue weighted by molar-refractivity contribution is 0.592. The summed E-state index contributed by atoms with van der Waals surface area (Å²) < 4.78 is 1.94. The topological polar surface area (TPSA) is 54.8 Å². The highest BCUT2D eigenvalue weighted by molar-refractivity contribution is 5.53. The number of aromatic nitrogens is 3. The Kier molecular flexibility index (Phi) is 5.22. The van der Waals surface area contributed by atoms with E-state index in [1.54, 1.807) is 6.20 Å². The Bertz CT molecular complexity index is 466. The largest absolute Gasteiger partial charge is 0.384 e. The van der Waals surface area contributed by atoms with Crippen molar-refractivity contribution < 1.29 is 0 Å². The molecule has 0 fully saturated rings. The van der Waals surface area contributed by atoms with Gasteiger partial charge in [0.2, 0.25) is 0 Å². The van der Waals surface area contributed by atoms with E-state index in [0.717, 1.165) is 43.9 Å². The van der Waals surface area contributed by atoms with Crippen molar-refractivity contribution in [2.24, 2.45) is 0 Å². The molecule has 0 aliphatic rings. The number of nitrogens with one attached hydrogen (secondary N) is 2. The summed E-state index contributed by atoms with van der Waals surface area (Å²) in [6, 6.07) is 4.04.